The number of carbonyl (C=O) groups excluding carboxylic acids is 4. The second kappa shape index (κ2) is 14.4. The van der Waals surface area contributed by atoms with Crippen molar-refractivity contribution in [2.75, 3.05) is 13.7 Å². The van der Waals surface area contributed by atoms with Crippen LogP contribution in [0.4, 0.5) is 4.79 Å². The van der Waals surface area contributed by atoms with Gasteiger partial charge in [0, 0.05) is 19.4 Å². The Morgan fingerprint density at radius 2 is 1.63 bits per heavy atom. The van der Waals surface area contributed by atoms with E-state index in [-0.39, 0.29) is 31.7 Å². The van der Waals surface area contributed by atoms with Crippen LogP contribution in [-0.4, -0.2) is 79.3 Å². The van der Waals surface area contributed by atoms with Gasteiger partial charge < -0.3 is 25.0 Å². The maximum Gasteiger partial charge on any atom is 0.408 e. The van der Waals surface area contributed by atoms with Crippen molar-refractivity contribution in [1.82, 2.24) is 20.3 Å². The minimum atomic E-state index is -3.89. The SMILES string of the molecule is C=C[C@@H]1CC1(NC(=O)[C@@H]1C[C@@](OC)(c2ccc(-c3ccccc3)cc2)CN1C(=O)[C@H](CC(C)C)NC(=O)OC(C)(C)C)C(=O)NS(=O)(=O)C1CC1. The molecule has 0 spiro atoms. The number of hydrogen-bond donors (Lipinski definition) is 3. The van der Waals surface area contributed by atoms with Gasteiger partial charge in [-0.25, -0.2) is 13.2 Å². The molecule has 1 saturated heterocycles. The smallest absolute Gasteiger partial charge is 0.408 e. The number of ether oxygens (including phenoxy) is 2. The number of rotatable bonds is 13. The molecule has 1 aliphatic heterocycles. The molecule has 2 saturated carbocycles. The number of nitrogens with zero attached hydrogens (tertiary/aromatic N) is 1. The molecule has 5 atom stereocenters. The molecule has 276 valence electrons. The zero-order valence-corrected chi connectivity index (χ0v) is 31.0. The molecule has 4 amide bonds. The molecule has 5 rings (SSSR count). The van der Waals surface area contributed by atoms with E-state index in [1.807, 2.05) is 68.4 Å². The molecule has 3 aliphatic rings. The van der Waals surface area contributed by atoms with E-state index in [0.717, 1.165) is 16.7 Å². The molecule has 12 nitrogen and oxygen atoms in total. The first-order chi connectivity index (χ1) is 23.9. The van der Waals surface area contributed by atoms with Crippen molar-refractivity contribution >= 4 is 33.8 Å². The topological polar surface area (TPSA) is 160 Å². The number of nitrogens with one attached hydrogen (secondary N) is 3. The van der Waals surface area contributed by atoms with Crippen LogP contribution in [0.2, 0.25) is 0 Å². The van der Waals surface area contributed by atoms with Crippen LogP contribution in [0.15, 0.2) is 67.3 Å². The molecule has 1 heterocycles. The Morgan fingerprint density at radius 1 is 1.00 bits per heavy atom. The van der Waals surface area contributed by atoms with Gasteiger partial charge in [0.1, 0.15) is 28.8 Å². The molecule has 1 unspecified atom stereocenters. The second-order valence-corrected chi connectivity index (χ2v) is 17.3. The third-order valence-electron chi connectivity index (χ3n) is 9.76. The van der Waals surface area contributed by atoms with Crippen molar-refractivity contribution in [2.24, 2.45) is 11.8 Å². The Hall–Kier alpha value is -4.23. The summed E-state index contributed by atoms with van der Waals surface area (Å²) in [4.78, 5) is 56.7. The molecular weight excluding hydrogens is 673 g/mol. The third-order valence-corrected chi connectivity index (χ3v) is 11.6. The van der Waals surface area contributed by atoms with Crippen molar-refractivity contribution in [3.63, 3.8) is 0 Å². The number of hydrogen-bond acceptors (Lipinski definition) is 8. The number of likely N-dealkylation sites (tertiary alicyclic amines) is 1. The molecule has 0 bridgehead atoms. The lowest BCUT2D eigenvalue weighted by Crippen LogP contribution is -2.58. The normalized spacial score (nSPS) is 25.1. The highest BCUT2D eigenvalue weighted by Crippen LogP contribution is 2.46. The Bertz CT molecular complexity index is 1750. The molecular formula is C38H50N4O8S. The van der Waals surface area contributed by atoms with Crippen LogP contribution in [0.1, 0.15) is 72.3 Å². The van der Waals surface area contributed by atoms with Gasteiger partial charge in [0.05, 0.1) is 11.8 Å². The minimum Gasteiger partial charge on any atom is -0.444 e. The van der Waals surface area contributed by atoms with Crippen molar-refractivity contribution in [2.45, 2.75) is 101 Å². The van der Waals surface area contributed by atoms with Crippen molar-refractivity contribution in [3.05, 3.63) is 72.8 Å². The zero-order chi connectivity index (χ0) is 37.4. The van der Waals surface area contributed by atoms with Gasteiger partial charge in [0.2, 0.25) is 21.8 Å². The fourth-order valence-corrected chi connectivity index (χ4v) is 8.14. The number of alkyl carbamates (subject to hydrolysis) is 1. The molecule has 2 aliphatic carbocycles. The standard InChI is InChI=1S/C38H50N4O8S/c1-8-27-21-38(27,34(45)41-51(47,48)29-18-19-29)40-32(43)31-22-37(49-7,28-16-14-26(15-17-28)25-12-10-9-11-13-25)23-42(31)33(44)30(20-24(2)3)39-35(46)50-36(4,5)6/h8-17,24,27,29-31H,1,18-23H2,2-7H3,(H,39,46)(H,40,43)(H,41,45)/t27-,30+,31+,37+,38?/m1/s1. The van der Waals surface area contributed by atoms with Crippen LogP contribution < -0.4 is 15.4 Å². The van der Waals surface area contributed by atoms with Crippen molar-refractivity contribution < 1.29 is 37.1 Å². The largest absolute Gasteiger partial charge is 0.444 e. The van der Waals surface area contributed by atoms with E-state index in [9.17, 15) is 27.6 Å². The second-order valence-electron chi connectivity index (χ2n) is 15.3. The van der Waals surface area contributed by atoms with Gasteiger partial charge in [-0.05, 0) is 69.1 Å². The highest BCUT2D eigenvalue weighted by molar-refractivity contribution is 7.91. The maximum absolute atomic E-state index is 14.5. The highest BCUT2D eigenvalue weighted by atomic mass is 32.2. The number of amides is 4. The molecule has 3 fully saturated rings. The predicted octanol–water partition coefficient (Wildman–Crippen LogP) is 4.40. The van der Waals surface area contributed by atoms with Crippen LogP contribution in [-0.2, 0) is 39.5 Å². The first-order valence-corrected chi connectivity index (χ1v) is 19.0. The molecule has 2 aromatic rings. The minimum absolute atomic E-state index is 0.0123. The average molecular weight is 723 g/mol. The van der Waals surface area contributed by atoms with Crippen LogP contribution in [0.5, 0.6) is 0 Å². The Balaban J connectivity index is 1.48. The van der Waals surface area contributed by atoms with E-state index in [4.69, 9.17) is 9.47 Å². The van der Waals surface area contributed by atoms with Crippen LogP contribution in [0, 0.1) is 11.8 Å². The van der Waals surface area contributed by atoms with E-state index in [1.165, 1.54) is 18.1 Å². The summed E-state index contributed by atoms with van der Waals surface area (Å²) in [7, 11) is -2.37. The van der Waals surface area contributed by atoms with Crippen LogP contribution in [0.3, 0.4) is 0 Å². The fraction of sp³-hybridized carbons (Fsp3) is 0.526. The van der Waals surface area contributed by atoms with Crippen molar-refractivity contribution in [1.29, 1.82) is 0 Å². The average Bonchev–Trinajstić information content (AvgIpc) is 4.00. The molecule has 0 radical (unpaired) electrons. The van der Waals surface area contributed by atoms with Crippen molar-refractivity contribution in [3.8, 4) is 11.1 Å². The first kappa shape index (κ1) is 38.0. The van der Waals surface area contributed by atoms with Gasteiger partial charge in [0.25, 0.3) is 5.91 Å². The van der Waals surface area contributed by atoms with Gasteiger partial charge >= 0.3 is 6.09 Å². The van der Waals surface area contributed by atoms with Gasteiger partial charge in [-0.1, -0.05) is 74.5 Å². The fourth-order valence-electron chi connectivity index (χ4n) is 6.77. The van der Waals surface area contributed by atoms with E-state index in [1.54, 1.807) is 20.8 Å². The summed E-state index contributed by atoms with van der Waals surface area (Å²) < 4.78 is 39.2. The van der Waals surface area contributed by atoms with Crippen LogP contribution in [0.25, 0.3) is 11.1 Å². The Kier molecular flexibility index (Phi) is 10.7. The zero-order valence-electron chi connectivity index (χ0n) is 30.2. The lowest BCUT2D eigenvalue weighted by molar-refractivity contribution is -0.141. The summed E-state index contributed by atoms with van der Waals surface area (Å²) in [5.41, 5.74) is -0.755. The summed E-state index contributed by atoms with van der Waals surface area (Å²) >= 11 is 0. The van der Waals surface area contributed by atoms with Crippen LogP contribution >= 0.6 is 0 Å². The van der Waals surface area contributed by atoms with Gasteiger partial charge in [-0.15, -0.1) is 6.58 Å². The molecule has 3 N–H and O–H groups in total. The monoisotopic (exact) mass is 722 g/mol. The highest BCUT2D eigenvalue weighted by Gasteiger charge is 2.62. The lowest BCUT2D eigenvalue weighted by atomic mass is 9.89. The maximum atomic E-state index is 14.5. The van der Waals surface area contributed by atoms with E-state index >= 15 is 0 Å². The summed E-state index contributed by atoms with van der Waals surface area (Å²) in [5.74, 6) is -2.52. The lowest BCUT2D eigenvalue weighted by Gasteiger charge is -2.32. The number of benzene rings is 2. The summed E-state index contributed by atoms with van der Waals surface area (Å²) in [6.45, 7) is 12.7. The summed E-state index contributed by atoms with van der Waals surface area (Å²) in [6.07, 6.45) is 2.12. The molecule has 13 heteroatoms. The quantitative estimate of drug-likeness (QED) is 0.257. The Morgan fingerprint density at radius 3 is 2.16 bits per heavy atom. The predicted molar refractivity (Wildman–Crippen MR) is 193 cm³/mol. The number of carbonyl (C=O) groups is 4. The number of methoxy groups -OCH3 is 1. The number of sulfonamides is 1. The summed E-state index contributed by atoms with van der Waals surface area (Å²) in [5, 5.41) is 4.91. The van der Waals surface area contributed by atoms with Gasteiger partial charge in [-0.3, -0.25) is 19.1 Å². The first-order valence-electron chi connectivity index (χ1n) is 17.5. The summed E-state index contributed by atoms with van der Waals surface area (Å²) in [6, 6.07) is 15.4. The molecule has 0 aromatic heterocycles. The third kappa shape index (κ3) is 8.47. The van der Waals surface area contributed by atoms with Gasteiger partial charge in [0.15, 0.2) is 0 Å². The Labute approximate surface area is 300 Å². The van der Waals surface area contributed by atoms with E-state index < -0.39 is 73.8 Å². The molecule has 51 heavy (non-hydrogen) atoms. The van der Waals surface area contributed by atoms with E-state index in [0.29, 0.717) is 12.8 Å². The van der Waals surface area contributed by atoms with Gasteiger partial charge in [-0.2, -0.15) is 0 Å². The van der Waals surface area contributed by atoms with E-state index in [2.05, 4.69) is 21.9 Å². The molecule has 2 aromatic carbocycles.